The van der Waals surface area contributed by atoms with E-state index in [-0.39, 0.29) is 5.91 Å². The van der Waals surface area contributed by atoms with Crippen LogP contribution < -0.4 is 10.6 Å². The third-order valence-electron chi connectivity index (χ3n) is 4.18. The smallest absolute Gasteiger partial charge is 0.269 e. The van der Waals surface area contributed by atoms with Gasteiger partial charge in [-0.3, -0.25) is 9.48 Å². The molecule has 2 aromatic heterocycles. The molecule has 0 saturated heterocycles. The van der Waals surface area contributed by atoms with E-state index in [0.29, 0.717) is 35.5 Å². The van der Waals surface area contributed by atoms with Gasteiger partial charge in [-0.2, -0.15) is 5.10 Å². The summed E-state index contributed by atoms with van der Waals surface area (Å²) < 4.78 is 1.57. The van der Waals surface area contributed by atoms with E-state index in [2.05, 4.69) is 59.5 Å². The molecule has 0 aliphatic rings. The van der Waals surface area contributed by atoms with Crippen LogP contribution in [0.3, 0.4) is 0 Å². The Morgan fingerprint density at radius 3 is 2.50 bits per heavy atom. The van der Waals surface area contributed by atoms with Gasteiger partial charge in [0.15, 0.2) is 0 Å². The van der Waals surface area contributed by atoms with Crippen LogP contribution in [0, 0.1) is 19.8 Å². The van der Waals surface area contributed by atoms with Gasteiger partial charge in [0.2, 0.25) is 5.95 Å². The monoisotopic (exact) mass is 378 g/mol. The van der Waals surface area contributed by atoms with Crippen LogP contribution in [0.15, 0.2) is 36.5 Å². The van der Waals surface area contributed by atoms with E-state index in [1.807, 2.05) is 12.1 Å². The standard InChI is InChI=1S/C21H26N6O/c1-13(2)12-23-20(28)19-11-18(26-27(19)5)17-6-7-22-21(25-17)24-16-9-14(3)8-15(4)10-16/h6-11,13H,12H2,1-5H3,(H,23,28)(H,22,24,25). The van der Waals surface area contributed by atoms with Crippen LogP contribution in [0.25, 0.3) is 11.4 Å². The first-order valence-corrected chi connectivity index (χ1v) is 9.33. The molecule has 0 fully saturated rings. The van der Waals surface area contributed by atoms with Gasteiger partial charge in [0.25, 0.3) is 5.91 Å². The SMILES string of the molecule is Cc1cc(C)cc(Nc2nccc(-c3cc(C(=O)NCC(C)C)n(C)n3)n2)c1. The molecule has 0 atom stereocenters. The molecule has 7 nitrogen and oxygen atoms in total. The van der Waals surface area contributed by atoms with Crippen molar-refractivity contribution in [2.24, 2.45) is 13.0 Å². The molecule has 0 unspecified atom stereocenters. The Hall–Kier alpha value is -3.22. The maximum Gasteiger partial charge on any atom is 0.269 e. The maximum atomic E-state index is 12.4. The van der Waals surface area contributed by atoms with E-state index < -0.39 is 0 Å². The summed E-state index contributed by atoms with van der Waals surface area (Å²) in [6.07, 6.45) is 1.68. The number of benzene rings is 1. The van der Waals surface area contributed by atoms with Crippen molar-refractivity contribution < 1.29 is 4.79 Å². The Morgan fingerprint density at radius 2 is 1.82 bits per heavy atom. The summed E-state index contributed by atoms with van der Waals surface area (Å²) in [7, 11) is 1.75. The fraction of sp³-hybridized carbons (Fsp3) is 0.333. The Bertz CT molecular complexity index is 972. The highest BCUT2D eigenvalue weighted by Gasteiger charge is 2.15. The van der Waals surface area contributed by atoms with Crippen LogP contribution in [0.5, 0.6) is 0 Å². The molecule has 0 aliphatic heterocycles. The van der Waals surface area contributed by atoms with Crippen molar-refractivity contribution in [3.05, 3.63) is 53.3 Å². The van der Waals surface area contributed by atoms with E-state index in [4.69, 9.17) is 0 Å². The van der Waals surface area contributed by atoms with Crippen LogP contribution in [0.4, 0.5) is 11.6 Å². The topological polar surface area (TPSA) is 84.7 Å². The second kappa shape index (κ2) is 8.21. The first-order valence-electron chi connectivity index (χ1n) is 9.33. The summed E-state index contributed by atoms with van der Waals surface area (Å²) in [6, 6.07) is 9.73. The van der Waals surface area contributed by atoms with Gasteiger partial charge in [0.1, 0.15) is 11.4 Å². The summed E-state index contributed by atoms with van der Waals surface area (Å²) in [5.41, 5.74) is 5.05. The van der Waals surface area contributed by atoms with Crippen LogP contribution in [-0.2, 0) is 7.05 Å². The van der Waals surface area contributed by atoms with Gasteiger partial charge < -0.3 is 10.6 Å². The van der Waals surface area contributed by atoms with Crippen molar-refractivity contribution in [3.8, 4) is 11.4 Å². The second-order valence-electron chi connectivity index (χ2n) is 7.41. The second-order valence-corrected chi connectivity index (χ2v) is 7.41. The van der Waals surface area contributed by atoms with Gasteiger partial charge in [-0.1, -0.05) is 19.9 Å². The zero-order valence-corrected chi connectivity index (χ0v) is 16.9. The quantitative estimate of drug-likeness (QED) is 0.684. The predicted octanol–water partition coefficient (Wildman–Crippen LogP) is 3.62. The van der Waals surface area contributed by atoms with Crippen molar-refractivity contribution in [1.29, 1.82) is 0 Å². The highest BCUT2D eigenvalue weighted by atomic mass is 16.2. The maximum absolute atomic E-state index is 12.4. The molecule has 0 radical (unpaired) electrons. The zero-order valence-electron chi connectivity index (χ0n) is 16.9. The van der Waals surface area contributed by atoms with Crippen molar-refractivity contribution in [3.63, 3.8) is 0 Å². The average molecular weight is 378 g/mol. The number of carbonyl (C=O) groups excluding carboxylic acids is 1. The van der Waals surface area contributed by atoms with Crippen molar-refractivity contribution >= 4 is 17.5 Å². The predicted molar refractivity (Wildman–Crippen MR) is 111 cm³/mol. The van der Waals surface area contributed by atoms with E-state index >= 15 is 0 Å². The van der Waals surface area contributed by atoms with Crippen molar-refractivity contribution in [2.75, 3.05) is 11.9 Å². The molecule has 146 valence electrons. The summed E-state index contributed by atoms with van der Waals surface area (Å²) >= 11 is 0. The Kier molecular flexibility index (Phi) is 5.73. The molecule has 7 heteroatoms. The van der Waals surface area contributed by atoms with E-state index in [1.165, 1.54) is 11.1 Å². The zero-order chi connectivity index (χ0) is 20.3. The molecular formula is C21H26N6O. The Morgan fingerprint density at radius 1 is 1.11 bits per heavy atom. The van der Waals surface area contributed by atoms with Crippen LogP contribution in [0.1, 0.15) is 35.5 Å². The number of hydrogen-bond acceptors (Lipinski definition) is 5. The number of aryl methyl sites for hydroxylation is 3. The average Bonchev–Trinajstić information content (AvgIpc) is 3.01. The van der Waals surface area contributed by atoms with E-state index in [9.17, 15) is 4.79 Å². The first kappa shape index (κ1) is 19.5. The number of aromatic nitrogens is 4. The molecule has 0 saturated carbocycles. The summed E-state index contributed by atoms with van der Waals surface area (Å²) in [4.78, 5) is 21.2. The van der Waals surface area contributed by atoms with E-state index in [0.717, 1.165) is 5.69 Å². The number of anilines is 2. The number of amides is 1. The minimum absolute atomic E-state index is 0.141. The van der Waals surface area contributed by atoms with Gasteiger partial charge in [0.05, 0.1) is 5.69 Å². The van der Waals surface area contributed by atoms with Gasteiger partial charge >= 0.3 is 0 Å². The lowest BCUT2D eigenvalue weighted by atomic mass is 10.1. The van der Waals surface area contributed by atoms with Crippen LogP contribution >= 0.6 is 0 Å². The Balaban J connectivity index is 1.82. The molecule has 0 bridgehead atoms. The molecule has 0 spiro atoms. The van der Waals surface area contributed by atoms with Crippen LogP contribution in [-0.4, -0.2) is 32.2 Å². The molecular weight excluding hydrogens is 352 g/mol. The third kappa shape index (κ3) is 4.73. The number of hydrogen-bond donors (Lipinski definition) is 2. The molecule has 0 aliphatic carbocycles. The lowest BCUT2D eigenvalue weighted by molar-refractivity contribution is 0.0939. The van der Waals surface area contributed by atoms with Crippen molar-refractivity contribution in [1.82, 2.24) is 25.1 Å². The van der Waals surface area contributed by atoms with Crippen molar-refractivity contribution in [2.45, 2.75) is 27.7 Å². The van der Waals surface area contributed by atoms with Gasteiger partial charge in [-0.25, -0.2) is 9.97 Å². The van der Waals surface area contributed by atoms with Gasteiger partial charge in [-0.05, 0) is 55.2 Å². The van der Waals surface area contributed by atoms with Gasteiger partial charge in [0, 0.05) is 25.5 Å². The lowest BCUT2D eigenvalue weighted by Crippen LogP contribution is -2.28. The highest BCUT2D eigenvalue weighted by Crippen LogP contribution is 2.21. The molecule has 2 heterocycles. The highest BCUT2D eigenvalue weighted by molar-refractivity contribution is 5.93. The molecule has 2 N–H and O–H groups in total. The molecule has 3 aromatic rings. The van der Waals surface area contributed by atoms with E-state index in [1.54, 1.807) is 30.1 Å². The fourth-order valence-electron chi connectivity index (χ4n) is 2.93. The number of carbonyl (C=O) groups is 1. The largest absolute Gasteiger partial charge is 0.350 e. The summed E-state index contributed by atoms with van der Waals surface area (Å²) in [5, 5.41) is 10.6. The summed E-state index contributed by atoms with van der Waals surface area (Å²) in [6.45, 7) is 8.83. The van der Waals surface area contributed by atoms with Crippen LogP contribution in [0.2, 0.25) is 0 Å². The third-order valence-corrected chi connectivity index (χ3v) is 4.18. The minimum Gasteiger partial charge on any atom is -0.350 e. The fourth-order valence-corrected chi connectivity index (χ4v) is 2.93. The first-order chi connectivity index (χ1) is 13.3. The van der Waals surface area contributed by atoms with Gasteiger partial charge in [-0.15, -0.1) is 0 Å². The number of rotatable bonds is 6. The summed E-state index contributed by atoms with van der Waals surface area (Å²) in [5.74, 6) is 0.731. The molecule has 28 heavy (non-hydrogen) atoms. The number of nitrogens with one attached hydrogen (secondary N) is 2. The molecule has 3 rings (SSSR count). The molecule has 1 aromatic carbocycles. The number of nitrogens with zero attached hydrogens (tertiary/aromatic N) is 4. The lowest BCUT2D eigenvalue weighted by Gasteiger charge is -2.07. The normalized spacial score (nSPS) is 10.9. The Labute approximate surface area is 165 Å². The molecule has 1 amide bonds. The minimum atomic E-state index is -0.141.